The zero-order valence-electron chi connectivity index (χ0n) is 13.6. The molecule has 9 heteroatoms. The van der Waals surface area contributed by atoms with Crippen LogP contribution in [0.3, 0.4) is 0 Å². The highest BCUT2D eigenvalue weighted by atomic mass is 35.5. The van der Waals surface area contributed by atoms with Gasteiger partial charge in [-0.05, 0) is 36.8 Å². The summed E-state index contributed by atoms with van der Waals surface area (Å²) in [7, 11) is 0. The lowest BCUT2D eigenvalue weighted by atomic mass is 9.92. The van der Waals surface area contributed by atoms with Crippen molar-refractivity contribution in [3.05, 3.63) is 59.1 Å². The predicted octanol–water partition coefficient (Wildman–Crippen LogP) is 2.95. The fourth-order valence-corrected chi connectivity index (χ4v) is 2.91. The molecule has 0 aliphatic carbocycles. The normalized spacial score (nSPS) is 19.8. The van der Waals surface area contributed by atoms with E-state index < -0.39 is 17.5 Å². The van der Waals surface area contributed by atoms with Crippen LogP contribution >= 0.6 is 11.6 Å². The van der Waals surface area contributed by atoms with E-state index in [2.05, 4.69) is 15.5 Å². The van der Waals surface area contributed by atoms with Crippen molar-refractivity contribution >= 4 is 23.5 Å². The second kappa shape index (κ2) is 5.99. The van der Waals surface area contributed by atoms with E-state index >= 15 is 0 Å². The van der Waals surface area contributed by atoms with E-state index in [-0.39, 0.29) is 18.3 Å². The molecule has 2 aromatic heterocycles. The van der Waals surface area contributed by atoms with Gasteiger partial charge in [-0.25, -0.2) is 4.79 Å². The molecule has 0 unspecified atom stereocenters. The molecule has 3 heterocycles. The minimum Gasteiger partial charge on any atom is -0.461 e. The Kier molecular flexibility index (Phi) is 3.77. The number of nitrogens with zero attached hydrogens (tertiary/aromatic N) is 3. The van der Waals surface area contributed by atoms with Gasteiger partial charge in [0.25, 0.3) is 5.91 Å². The molecule has 3 amide bonds. The molecule has 1 aromatic carbocycles. The number of hydrogen-bond acceptors (Lipinski definition) is 6. The first kappa shape index (κ1) is 16.3. The van der Waals surface area contributed by atoms with E-state index in [9.17, 15) is 9.59 Å². The number of halogens is 1. The fourth-order valence-electron chi connectivity index (χ4n) is 2.78. The molecule has 1 N–H and O–H groups in total. The van der Waals surface area contributed by atoms with Gasteiger partial charge in [-0.2, -0.15) is 4.98 Å². The van der Waals surface area contributed by atoms with Crippen molar-refractivity contribution in [2.24, 2.45) is 0 Å². The zero-order valence-corrected chi connectivity index (χ0v) is 14.4. The lowest BCUT2D eigenvalue weighted by Gasteiger charge is -2.22. The third-order valence-electron chi connectivity index (χ3n) is 4.20. The van der Waals surface area contributed by atoms with E-state index in [0.29, 0.717) is 16.3 Å². The summed E-state index contributed by atoms with van der Waals surface area (Å²) in [5.74, 6) is 0.392. The molecule has 132 valence electrons. The lowest BCUT2D eigenvalue weighted by molar-refractivity contribution is -0.131. The van der Waals surface area contributed by atoms with E-state index in [1.807, 2.05) is 0 Å². The van der Waals surface area contributed by atoms with Gasteiger partial charge < -0.3 is 14.3 Å². The van der Waals surface area contributed by atoms with Gasteiger partial charge in [0.2, 0.25) is 11.7 Å². The molecular weight excluding hydrogens is 360 g/mol. The Morgan fingerprint density at radius 2 is 2.00 bits per heavy atom. The molecule has 0 bridgehead atoms. The Bertz CT molecular complexity index is 967. The van der Waals surface area contributed by atoms with Crippen LogP contribution in [0.25, 0.3) is 11.6 Å². The second-order valence-corrected chi connectivity index (χ2v) is 6.38. The largest absolute Gasteiger partial charge is 0.461 e. The van der Waals surface area contributed by atoms with Gasteiger partial charge in [-0.3, -0.25) is 9.69 Å². The number of urea groups is 1. The van der Waals surface area contributed by atoms with Crippen LogP contribution in [0.1, 0.15) is 18.4 Å². The molecule has 26 heavy (non-hydrogen) atoms. The maximum absolute atomic E-state index is 12.9. The van der Waals surface area contributed by atoms with Crippen molar-refractivity contribution in [1.29, 1.82) is 0 Å². The van der Waals surface area contributed by atoms with Crippen molar-refractivity contribution in [2.45, 2.75) is 19.0 Å². The first-order chi connectivity index (χ1) is 12.5. The van der Waals surface area contributed by atoms with E-state index in [0.717, 1.165) is 4.90 Å². The molecule has 1 aliphatic heterocycles. The molecule has 0 radical (unpaired) electrons. The number of rotatable bonds is 4. The molecule has 3 aromatic rings. The number of carbonyl (C=O) groups is 2. The molecule has 0 spiro atoms. The highest BCUT2D eigenvalue weighted by Gasteiger charge is 2.49. The lowest BCUT2D eigenvalue weighted by Crippen LogP contribution is -2.40. The average molecular weight is 373 g/mol. The Morgan fingerprint density at radius 1 is 1.23 bits per heavy atom. The summed E-state index contributed by atoms with van der Waals surface area (Å²) in [5.41, 5.74) is -0.560. The number of aromatic nitrogens is 2. The summed E-state index contributed by atoms with van der Waals surface area (Å²) in [6.07, 6.45) is 1.49. The number of hydrogen-bond donors (Lipinski definition) is 1. The van der Waals surface area contributed by atoms with Crippen LogP contribution in [0.2, 0.25) is 5.02 Å². The van der Waals surface area contributed by atoms with Crippen LogP contribution in [0.5, 0.6) is 0 Å². The first-order valence-electron chi connectivity index (χ1n) is 7.74. The van der Waals surface area contributed by atoms with Gasteiger partial charge in [0.15, 0.2) is 5.76 Å². The SMILES string of the molecule is C[C@@]1(c2ccc(Cl)cc2)NC(=O)N(Cc2nc(-c3ccco3)no2)C1=O. The fraction of sp³-hybridized carbons (Fsp3) is 0.176. The van der Waals surface area contributed by atoms with Crippen molar-refractivity contribution in [3.8, 4) is 11.6 Å². The number of furan rings is 1. The number of carbonyl (C=O) groups excluding carboxylic acids is 2. The Morgan fingerprint density at radius 3 is 2.69 bits per heavy atom. The van der Waals surface area contributed by atoms with Crippen molar-refractivity contribution in [2.75, 3.05) is 0 Å². The minimum absolute atomic E-state index is 0.125. The highest BCUT2D eigenvalue weighted by Crippen LogP contribution is 2.30. The molecule has 4 rings (SSSR count). The molecule has 1 aliphatic rings. The Balaban J connectivity index is 1.57. The zero-order chi connectivity index (χ0) is 18.3. The summed E-state index contributed by atoms with van der Waals surface area (Å²) in [6.45, 7) is 1.50. The van der Waals surface area contributed by atoms with Gasteiger partial charge in [0.1, 0.15) is 12.1 Å². The standard InChI is InChI=1S/C17H13ClN4O4/c1-17(10-4-6-11(18)7-5-10)15(23)22(16(24)20-17)9-13-19-14(21-26-13)12-3-2-8-25-12/h2-8H,9H2,1H3,(H,20,24)/t17-/m0/s1. The van der Waals surface area contributed by atoms with E-state index in [1.54, 1.807) is 43.3 Å². The van der Waals surface area contributed by atoms with Crippen LogP contribution < -0.4 is 5.32 Å². The predicted molar refractivity (Wildman–Crippen MR) is 89.9 cm³/mol. The quantitative estimate of drug-likeness (QED) is 0.706. The topological polar surface area (TPSA) is 101 Å². The molecule has 1 atom stereocenters. The average Bonchev–Trinajstić information content (AvgIpc) is 3.34. The molecule has 8 nitrogen and oxygen atoms in total. The van der Waals surface area contributed by atoms with Gasteiger partial charge in [-0.15, -0.1) is 0 Å². The third kappa shape index (κ3) is 2.64. The van der Waals surface area contributed by atoms with E-state index in [1.165, 1.54) is 6.26 Å². The summed E-state index contributed by atoms with van der Waals surface area (Å²) in [4.78, 5) is 30.4. The summed E-state index contributed by atoms with van der Waals surface area (Å²) in [6, 6.07) is 9.57. The van der Waals surface area contributed by atoms with Gasteiger partial charge in [-0.1, -0.05) is 28.9 Å². The maximum Gasteiger partial charge on any atom is 0.325 e. The number of amides is 3. The van der Waals surface area contributed by atoms with Crippen LogP contribution in [-0.4, -0.2) is 27.0 Å². The molecular formula is C17H13ClN4O4. The summed E-state index contributed by atoms with van der Waals surface area (Å²) < 4.78 is 10.3. The van der Waals surface area contributed by atoms with Crippen LogP contribution in [0.15, 0.2) is 51.6 Å². The van der Waals surface area contributed by atoms with Gasteiger partial charge in [0, 0.05) is 5.02 Å². The third-order valence-corrected chi connectivity index (χ3v) is 4.45. The molecule has 1 saturated heterocycles. The van der Waals surface area contributed by atoms with Crippen LogP contribution in [0.4, 0.5) is 4.79 Å². The maximum atomic E-state index is 12.9. The Labute approximate surface area is 152 Å². The smallest absolute Gasteiger partial charge is 0.325 e. The summed E-state index contributed by atoms with van der Waals surface area (Å²) >= 11 is 5.89. The van der Waals surface area contributed by atoms with Crippen molar-refractivity contribution in [3.63, 3.8) is 0 Å². The van der Waals surface area contributed by atoms with Gasteiger partial charge >= 0.3 is 6.03 Å². The van der Waals surface area contributed by atoms with E-state index in [4.69, 9.17) is 20.5 Å². The summed E-state index contributed by atoms with van der Waals surface area (Å²) in [5, 5.41) is 7.04. The molecule has 0 saturated carbocycles. The van der Waals surface area contributed by atoms with Gasteiger partial charge in [0.05, 0.1) is 6.26 Å². The number of imide groups is 1. The minimum atomic E-state index is -1.19. The van der Waals surface area contributed by atoms with Crippen molar-refractivity contribution < 1.29 is 18.5 Å². The molecule has 1 fully saturated rings. The number of benzene rings is 1. The Hall–Kier alpha value is -3.13. The van der Waals surface area contributed by atoms with Crippen molar-refractivity contribution in [1.82, 2.24) is 20.4 Å². The first-order valence-corrected chi connectivity index (χ1v) is 8.12. The van der Waals surface area contributed by atoms with Crippen LogP contribution in [-0.2, 0) is 16.9 Å². The highest BCUT2D eigenvalue weighted by molar-refractivity contribution is 6.30. The second-order valence-electron chi connectivity index (χ2n) is 5.94. The van der Waals surface area contributed by atoms with Crippen LogP contribution in [0, 0.1) is 0 Å². The number of nitrogens with one attached hydrogen (secondary N) is 1. The monoisotopic (exact) mass is 372 g/mol.